The molecule has 5 nitrogen and oxygen atoms in total. The zero-order valence-electron chi connectivity index (χ0n) is 11.9. The van der Waals surface area contributed by atoms with Crippen LogP contribution in [-0.4, -0.2) is 31.1 Å². The number of nitro groups is 1. The third-order valence-corrected chi connectivity index (χ3v) is 4.47. The second kappa shape index (κ2) is 6.54. The molecule has 1 heterocycles. The maximum atomic E-state index is 11.0. The topological polar surface area (TPSA) is 58.4 Å². The normalized spacial score (nSPS) is 19.1. The van der Waals surface area contributed by atoms with E-state index in [1.165, 1.54) is 12.8 Å². The van der Waals surface area contributed by atoms with Crippen LogP contribution in [0.5, 0.6) is 0 Å². The van der Waals surface area contributed by atoms with Gasteiger partial charge in [0.1, 0.15) is 0 Å². The molecule has 1 aliphatic heterocycles. The van der Waals surface area contributed by atoms with Crippen molar-refractivity contribution in [2.75, 3.05) is 25.0 Å². The van der Waals surface area contributed by atoms with E-state index in [2.05, 4.69) is 26.1 Å². The van der Waals surface area contributed by atoms with Gasteiger partial charge in [0.05, 0.1) is 10.6 Å². The molecule has 0 bridgehead atoms. The number of rotatable bonds is 4. The van der Waals surface area contributed by atoms with E-state index in [1.807, 2.05) is 13.1 Å². The second-order valence-electron chi connectivity index (χ2n) is 5.25. The summed E-state index contributed by atoms with van der Waals surface area (Å²) in [6, 6.07) is 4.00. The molecule has 1 N–H and O–H groups in total. The lowest BCUT2D eigenvalue weighted by atomic mass is 10.0. The number of nitrogens with one attached hydrogen (secondary N) is 1. The number of nitrogens with zero attached hydrogens (tertiary/aromatic N) is 2. The Bertz CT molecular complexity index is 505. The van der Waals surface area contributed by atoms with Crippen molar-refractivity contribution in [2.45, 2.75) is 32.2 Å². The highest BCUT2D eigenvalue weighted by Crippen LogP contribution is 2.36. The van der Waals surface area contributed by atoms with Gasteiger partial charge >= 0.3 is 0 Å². The molecule has 0 aromatic heterocycles. The maximum absolute atomic E-state index is 11.0. The largest absolute Gasteiger partial charge is 0.366 e. The molecule has 110 valence electrons. The van der Waals surface area contributed by atoms with Gasteiger partial charge in [-0.05, 0) is 55.2 Å². The Morgan fingerprint density at radius 1 is 1.50 bits per heavy atom. The molecule has 1 unspecified atom stereocenters. The first-order chi connectivity index (χ1) is 9.54. The van der Waals surface area contributed by atoms with Crippen LogP contribution in [-0.2, 0) is 0 Å². The summed E-state index contributed by atoms with van der Waals surface area (Å²) in [6.07, 6.45) is 3.57. The van der Waals surface area contributed by atoms with Gasteiger partial charge in [0.25, 0.3) is 5.69 Å². The molecule has 1 aromatic carbocycles. The van der Waals surface area contributed by atoms with E-state index in [0.717, 1.165) is 29.7 Å². The van der Waals surface area contributed by atoms with E-state index in [4.69, 9.17) is 0 Å². The van der Waals surface area contributed by atoms with Gasteiger partial charge in [0.15, 0.2) is 0 Å². The fourth-order valence-corrected chi connectivity index (χ4v) is 3.40. The van der Waals surface area contributed by atoms with Crippen molar-refractivity contribution in [3.8, 4) is 0 Å². The van der Waals surface area contributed by atoms with E-state index in [0.29, 0.717) is 11.6 Å². The number of nitro benzene ring substituents is 1. The lowest BCUT2D eigenvalue weighted by Gasteiger charge is -2.38. The second-order valence-corrected chi connectivity index (χ2v) is 6.10. The first-order valence-corrected chi connectivity index (χ1v) is 7.69. The number of halogens is 1. The molecule has 0 radical (unpaired) electrons. The van der Waals surface area contributed by atoms with Crippen molar-refractivity contribution >= 4 is 27.3 Å². The number of anilines is 1. The number of hydrogen-bond acceptors (Lipinski definition) is 4. The van der Waals surface area contributed by atoms with Crippen LogP contribution in [0.4, 0.5) is 11.4 Å². The number of piperidine rings is 1. The lowest BCUT2D eigenvalue weighted by molar-refractivity contribution is -0.385. The molecular weight excluding hydrogens is 322 g/mol. The fraction of sp³-hybridized carbons (Fsp3) is 0.571. The van der Waals surface area contributed by atoms with E-state index in [-0.39, 0.29) is 10.6 Å². The summed E-state index contributed by atoms with van der Waals surface area (Å²) in [4.78, 5) is 13.0. The van der Waals surface area contributed by atoms with E-state index in [9.17, 15) is 10.1 Å². The monoisotopic (exact) mass is 341 g/mol. The summed E-state index contributed by atoms with van der Waals surface area (Å²) in [5.41, 5.74) is 1.94. The van der Waals surface area contributed by atoms with Crippen LogP contribution in [0.15, 0.2) is 16.6 Å². The maximum Gasteiger partial charge on any atom is 0.273 e. The molecule has 1 aliphatic rings. The van der Waals surface area contributed by atoms with Crippen molar-refractivity contribution < 1.29 is 4.92 Å². The third kappa shape index (κ3) is 3.12. The summed E-state index contributed by atoms with van der Waals surface area (Å²) >= 11 is 3.50. The van der Waals surface area contributed by atoms with E-state index < -0.39 is 0 Å². The third-order valence-electron chi connectivity index (χ3n) is 3.84. The minimum absolute atomic E-state index is 0.169. The molecule has 20 heavy (non-hydrogen) atoms. The van der Waals surface area contributed by atoms with Crippen LogP contribution in [0.2, 0.25) is 0 Å². The number of benzene rings is 1. The van der Waals surface area contributed by atoms with Crippen molar-refractivity contribution in [2.24, 2.45) is 0 Å². The van der Waals surface area contributed by atoms with E-state index in [1.54, 1.807) is 13.0 Å². The van der Waals surface area contributed by atoms with Gasteiger partial charge < -0.3 is 10.2 Å². The Balaban J connectivity index is 2.35. The zero-order chi connectivity index (χ0) is 14.7. The lowest BCUT2D eigenvalue weighted by Crippen LogP contribution is -2.45. The van der Waals surface area contributed by atoms with Crippen LogP contribution in [0, 0.1) is 17.0 Å². The average molecular weight is 342 g/mol. The quantitative estimate of drug-likeness (QED) is 0.674. The van der Waals surface area contributed by atoms with E-state index >= 15 is 0 Å². The molecule has 0 saturated carbocycles. The summed E-state index contributed by atoms with van der Waals surface area (Å²) in [5.74, 6) is 0. The molecule has 1 fully saturated rings. The van der Waals surface area contributed by atoms with Crippen molar-refractivity contribution in [3.05, 3.63) is 32.3 Å². The predicted molar refractivity (Wildman–Crippen MR) is 84.4 cm³/mol. The molecular formula is C14H20BrN3O2. The summed E-state index contributed by atoms with van der Waals surface area (Å²) in [5, 5.41) is 14.2. The SMILES string of the molecule is CNCC1CCCCN1c1cc(C)c([N+](=O)[O-])cc1Br. The molecule has 0 spiro atoms. The van der Waals surface area contributed by atoms with Gasteiger partial charge in [-0.15, -0.1) is 0 Å². The highest BCUT2D eigenvalue weighted by atomic mass is 79.9. The number of aryl methyl sites for hydroxylation is 1. The Morgan fingerprint density at radius 3 is 2.90 bits per heavy atom. The number of hydrogen-bond donors (Lipinski definition) is 1. The van der Waals surface area contributed by atoms with Crippen molar-refractivity contribution in [3.63, 3.8) is 0 Å². The highest BCUT2D eigenvalue weighted by Gasteiger charge is 2.25. The molecule has 0 amide bonds. The van der Waals surface area contributed by atoms with Crippen LogP contribution < -0.4 is 10.2 Å². The standard InChI is InChI=1S/C14H20BrN3O2/c1-10-7-14(12(15)8-13(10)18(19)20)17-6-4-3-5-11(17)9-16-2/h7-8,11,16H,3-6,9H2,1-2H3. The summed E-state index contributed by atoms with van der Waals surface area (Å²) < 4.78 is 0.804. The fourth-order valence-electron chi connectivity index (χ4n) is 2.84. The van der Waals surface area contributed by atoms with Gasteiger partial charge in [0, 0.05) is 35.2 Å². The van der Waals surface area contributed by atoms with Crippen LogP contribution in [0.25, 0.3) is 0 Å². The Morgan fingerprint density at radius 2 is 2.25 bits per heavy atom. The molecule has 1 atom stereocenters. The van der Waals surface area contributed by atoms with Gasteiger partial charge in [-0.25, -0.2) is 0 Å². The van der Waals surface area contributed by atoms with Crippen molar-refractivity contribution in [1.29, 1.82) is 0 Å². The molecule has 2 rings (SSSR count). The first kappa shape index (κ1) is 15.3. The van der Waals surface area contributed by atoms with Gasteiger partial charge in [0.2, 0.25) is 0 Å². The zero-order valence-corrected chi connectivity index (χ0v) is 13.4. The molecule has 1 saturated heterocycles. The minimum Gasteiger partial charge on any atom is -0.366 e. The predicted octanol–water partition coefficient (Wildman–Crippen LogP) is 3.24. The van der Waals surface area contributed by atoms with Gasteiger partial charge in [-0.2, -0.15) is 0 Å². The van der Waals surface area contributed by atoms with Crippen LogP contribution >= 0.6 is 15.9 Å². The summed E-state index contributed by atoms with van der Waals surface area (Å²) in [6.45, 7) is 3.73. The Labute approximate surface area is 127 Å². The summed E-state index contributed by atoms with van der Waals surface area (Å²) in [7, 11) is 1.96. The smallest absolute Gasteiger partial charge is 0.273 e. The Hall–Kier alpha value is -1.14. The van der Waals surface area contributed by atoms with Crippen LogP contribution in [0.3, 0.4) is 0 Å². The molecule has 6 heteroatoms. The van der Waals surface area contributed by atoms with Crippen molar-refractivity contribution in [1.82, 2.24) is 5.32 Å². The Kier molecular flexibility index (Phi) is 4.99. The average Bonchev–Trinajstić information content (AvgIpc) is 2.42. The highest BCUT2D eigenvalue weighted by molar-refractivity contribution is 9.10. The van der Waals surface area contributed by atoms with Gasteiger partial charge in [-0.3, -0.25) is 10.1 Å². The van der Waals surface area contributed by atoms with Crippen LogP contribution in [0.1, 0.15) is 24.8 Å². The first-order valence-electron chi connectivity index (χ1n) is 6.90. The molecule has 0 aliphatic carbocycles. The number of likely N-dealkylation sites (N-methyl/N-ethyl adjacent to an activating group) is 1. The minimum atomic E-state index is -0.328. The molecule has 1 aromatic rings. The van der Waals surface area contributed by atoms with Gasteiger partial charge in [-0.1, -0.05) is 0 Å².